The first-order valence-corrected chi connectivity index (χ1v) is 6.27. The summed E-state index contributed by atoms with van der Waals surface area (Å²) >= 11 is 3.53. The smallest absolute Gasteiger partial charge is 0.0540 e. The Kier molecular flexibility index (Phi) is 3.45. The zero-order valence-electron chi connectivity index (χ0n) is 8.32. The standard InChI is InChI=1S/C12H17BrO/c13-11-3-1-2-10(8-11)9-4-6-12(14)7-5-9/h1,3,8-10,12,14H,2,4-7H2/t9-,10?,12-. The first-order valence-electron chi connectivity index (χ1n) is 5.47. The maximum atomic E-state index is 9.44. The van der Waals surface area contributed by atoms with E-state index in [4.69, 9.17) is 0 Å². The van der Waals surface area contributed by atoms with Crippen molar-refractivity contribution in [3.05, 3.63) is 22.7 Å². The molecule has 0 saturated heterocycles. The average Bonchev–Trinajstić information content (AvgIpc) is 2.19. The first-order chi connectivity index (χ1) is 6.75. The molecular weight excluding hydrogens is 240 g/mol. The highest BCUT2D eigenvalue weighted by atomic mass is 79.9. The Labute approximate surface area is 94.0 Å². The minimum Gasteiger partial charge on any atom is -0.393 e. The van der Waals surface area contributed by atoms with Crippen molar-refractivity contribution in [1.82, 2.24) is 0 Å². The third-order valence-electron chi connectivity index (χ3n) is 3.41. The van der Waals surface area contributed by atoms with Crippen LogP contribution >= 0.6 is 15.9 Å². The first kappa shape index (κ1) is 10.4. The Morgan fingerprint density at radius 2 is 1.93 bits per heavy atom. The van der Waals surface area contributed by atoms with Gasteiger partial charge in [0.15, 0.2) is 0 Å². The Bertz CT molecular complexity index is 249. The second kappa shape index (κ2) is 4.63. The molecule has 1 unspecified atom stereocenters. The van der Waals surface area contributed by atoms with Crippen molar-refractivity contribution in [3.8, 4) is 0 Å². The van der Waals surface area contributed by atoms with Crippen LogP contribution in [0.3, 0.4) is 0 Å². The minimum absolute atomic E-state index is 0.0298. The van der Waals surface area contributed by atoms with Gasteiger partial charge in [0, 0.05) is 4.48 Å². The zero-order chi connectivity index (χ0) is 9.97. The van der Waals surface area contributed by atoms with Crippen molar-refractivity contribution in [1.29, 1.82) is 0 Å². The fraction of sp³-hybridized carbons (Fsp3) is 0.667. The van der Waals surface area contributed by atoms with E-state index in [1.165, 1.54) is 23.7 Å². The van der Waals surface area contributed by atoms with E-state index in [1.54, 1.807) is 0 Å². The lowest BCUT2D eigenvalue weighted by atomic mass is 9.76. The van der Waals surface area contributed by atoms with Crippen LogP contribution < -0.4 is 0 Å². The summed E-state index contributed by atoms with van der Waals surface area (Å²) in [5, 5.41) is 9.44. The molecule has 14 heavy (non-hydrogen) atoms. The van der Waals surface area contributed by atoms with E-state index in [9.17, 15) is 5.11 Å². The van der Waals surface area contributed by atoms with Crippen molar-refractivity contribution in [2.45, 2.75) is 38.2 Å². The maximum absolute atomic E-state index is 9.44. The minimum atomic E-state index is -0.0298. The van der Waals surface area contributed by atoms with Crippen LogP contribution in [0.5, 0.6) is 0 Å². The lowest BCUT2D eigenvalue weighted by Crippen LogP contribution is -2.23. The highest BCUT2D eigenvalue weighted by molar-refractivity contribution is 9.11. The Morgan fingerprint density at radius 3 is 2.57 bits per heavy atom. The highest BCUT2D eigenvalue weighted by Gasteiger charge is 2.25. The fourth-order valence-electron chi connectivity index (χ4n) is 2.52. The molecule has 0 heterocycles. The van der Waals surface area contributed by atoms with Gasteiger partial charge in [-0.25, -0.2) is 0 Å². The molecule has 1 atom stereocenters. The summed E-state index contributed by atoms with van der Waals surface area (Å²) in [5.41, 5.74) is 0. The number of halogens is 1. The zero-order valence-corrected chi connectivity index (χ0v) is 9.91. The summed E-state index contributed by atoms with van der Waals surface area (Å²) in [5.74, 6) is 1.48. The molecule has 2 aliphatic rings. The van der Waals surface area contributed by atoms with Crippen molar-refractivity contribution in [2.75, 3.05) is 0 Å². The summed E-state index contributed by atoms with van der Waals surface area (Å²) in [6.07, 6.45) is 12.2. The molecule has 78 valence electrons. The van der Waals surface area contributed by atoms with E-state index in [-0.39, 0.29) is 6.10 Å². The van der Waals surface area contributed by atoms with Gasteiger partial charge in [-0.15, -0.1) is 0 Å². The van der Waals surface area contributed by atoms with Crippen LogP contribution in [0.1, 0.15) is 32.1 Å². The van der Waals surface area contributed by atoms with Crippen LogP contribution in [0.15, 0.2) is 22.7 Å². The van der Waals surface area contributed by atoms with Crippen molar-refractivity contribution in [3.63, 3.8) is 0 Å². The number of aliphatic hydroxyl groups excluding tert-OH is 1. The van der Waals surface area contributed by atoms with Crippen molar-refractivity contribution in [2.24, 2.45) is 11.8 Å². The maximum Gasteiger partial charge on any atom is 0.0540 e. The van der Waals surface area contributed by atoms with E-state index in [0.717, 1.165) is 18.8 Å². The Balaban J connectivity index is 1.93. The monoisotopic (exact) mass is 256 g/mol. The fourth-order valence-corrected chi connectivity index (χ4v) is 3.05. The summed E-state index contributed by atoms with van der Waals surface area (Å²) in [6.45, 7) is 0. The molecule has 0 aromatic rings. The number of allylic oxidation sites excluding steroid dienone is 4. The van der Waals surface area contributed by atoms with Gasteiger partial charge >= 0.3 is 0 Å². The normalized spacial score (nSPS) is 38.1. The third-order valence-corrected chi connectivity index (χ3v) is 3.93. The van der Waals surface area contributed by atoms with Gasteiger partial charge < -0.3 is 5.11 Å². The molecule has 0 aromatic carbocycles. The molecule has 0 radical (unpaired) electrons. The van der Waals surface area contributed by atoms with Gasteiger partial charge in [0.25, 0.3) is 0 Å². The van der Waals surface area contributed by atoms with Crippen LogP contribution in [0.2, 0.25) is 0 Å². The lowest BCUT2D eigenvalue weighted by Gasteiger charge is -2.31. The Morgan fingerprint density at radius 1 is 1.21 bits per heavy atom. The SMILES string of the molecule is O[C@H]1CC[C@H](C2C=C(Br)C=CC2)CC1. The van der Waals surface area contributed by atoms with E-state index in [0.29, 0.717) is 5.92 Å². The summed E-state index contributed by atoms with van der Waals surface area (Å²) in [6, 6.07) is 0. The topological polar surface area (TPSA) is 20.2 Å². The highest BCUT2D eigenvalue weighted by Crippen LogP contribution is 2.35. The van der Waals surface area contributed by atoms with Gasteiger partial charge in [-0.05, 0) is 43.9 Å². The molecule has 0 amide bonds. The van der Waals surface area contributed by atoms with E-state index in [2.05, 4.69) is 34.2 Å². The molecular formula is C12H17BrO. The molecule has 0 spiro atoms. The third kappa shape index (κ3) is 2.48. The number of aliphatic hydroxyl groups is 1. The molecule has 0 bridgehead atoms. The van der Waals surface area contributed by atoms with Gasteiger partial charge in [0.1, 0.15) is 0 Å². The molecule has 0 aromatic heterocycles. The largest absolute Gasteiger partial charge is 0.393 e. The summed E-state index contributed by atoms with van der Waals surface area (Å²) in [4.78, 5) is 0. The van der Waals surface area contributed by atoms with Gasteiger partial charge in [0.2, 0.25) is 0 Å². The number of rotatable bonds is 1. The van der Waals surface area contributed by atoms with Gasteiger partial charge in [-0.3, -0.25) is 0 Å². The predicted octanol–water partition coefficient (Wildman–Crippen LogP) is 3.39. The van der Waals surface area contributed by atoms with Crippen LogP contribution in [0, 0.1) is 11.8 Å². The second-order valence-electron chi connectivity index (χ2n) is 4.42. The molecule has 2 rings (SSSR count). The van der Waals surface area contributed by atoms with Crippen LogP contribution in [0.4, 0.5) is 0 Å². The molecule has 2 aliphatic carbocycles. The number of hydrogen-bond donors (Lipinski definition) is 1. The lowest BCUT2D eigenvalue weighted by molar-refractivity contribution is 0.0977. The van der Waals surface area contributed by atoms with Crippen molar-refractivity contribution < 1.29 is 5.11 Å². The number of hydrogen-bond acceptors (Lipinski definition) is 1. The Hall–Kier alpha value is -0.0800. The van der Waals surface area contributed by atoms with E-state index >= 15 is 0 Å². The van der Waals surface area contributed by atoms with Gasteiger partial charge in [0.05, 0.1) is 6.10 Å². The molecule has 1 nitrogen and oxygen atoms in total. The summed E-state index contributed by atoms with van der Waals surface area (Å²) in [7, 11) is 0. The summed E-state index contributed by atoms with van der Waals surface area (Å²) < 4.78 is 1.22. The predicted molar refractivity (Wildman–Crippen MR) is 62.2 cm³/mol. The van der Waals surface area contributed by atoms with Gasteiger partial charge in [-0.1, -0.05) is 34.2 Å². The quantitative estimate of drug-likeness (QED) is 0.763. The van der Waals surface area contributed by atoms with Crippen LogP contribution in [-0.2, 0) is 0 Å². The second-order valence-corrected chi connectivity index (χ2v) is 5.34. The van der Waals surface area contributed by atoms with Crippen LogP contribution in [-0.4, -0.2) is 11.2 Å². The van der Waals surface area contributed by atoms with E-state index in [1.807, 2.05) is 0 Å². The molecule has 1 N–H and O–H groups in total. The van der Waals surface area contributed by atoms with Crippen molar-refractivity contribution >= 4 is 15.9 Å². The van der Waals surface area contributed by atoms with Gasteiger partial charge in [-0.2, -0.15) is 0 Å². The molecule has 2 heteroatoms. The van der Waals surface area contributed by atoms with Crippen LogP contribution in [0.25, 0.3) is 0 Å². The average molecular weight is 257 g/mol. The molecule has 1 saturated carbocycles. The molecule has 0 aliphatic heterocycles. The molecule has 1 fully saturated rings. The van der Waals surface area contributed by atoms with E-state index < -0.39 is 0 Å².